The van der Waals surface area contributed by atoms with E-state index in [1.54, 1.807) is 25.5 Å². The van der Waals surface area contributed by atoms with E-state index in [1.807, 2.05) is 6.07 Å². The van der Waals surface area contributed by atoms with Crippen molar-refractivity contribution >= 4 is 5.91 Å². The molecule has 1 amide bonds. The van der Waals surface area contributed by atoms with Crippen molar-refractivity contribution in [3.63, 3.8) is 0 Å². The van der Waals surface area contributed by atoms with E-state index < -0.39 is 6.10 Å². The molecule has 5 nitrogen and oxygen atoms in total. The molecule has 1 aromatic heterocycles. The maximum absolute atomic E-state index is 11.5. The van der Waals surface area contributed by atoms with Crippen LogP contribution in [0.1, 0.15) is 5.56 Å². The second kappa shape index (κ2) is 5.43. The fraction of sp³-hybridized carbons (Fsp3) is 0.400. The number of rotatable bonds is 4. The first kappa shape index (κ1) is 11.6. The second-order valence-corrected chi connectivity index (χ2v) is 3.31. The Hall–Kier alpha value is -1.46. The van der Waals surface area contributed by atoms with Gasteiger partial charge in [-0.05, 0) is 11.6 Å². The van der Waals surface area contributed by atoms with Gasteiger partial charge >= 0.3 is 0 Å². The van der Waals surface area contributed by atoms with E-state index in [1.165, 1.54) is 4.90 Å². The van der Waals surface area contributed by atoms with E-state index in [9.17, 15) is 9.90 Å². The Morgan fingerprint density at radius 1 is 1.73 bits per heavy atom. The number of carbonyl (C=O) groups is 1. The zero-order chi connectivity index (χ0) is 11.3. The number of aliphatic hydroxyl groups excluding tert-OH is 1. The van der Waals surface area contributed by atoms with E-state index in [0.29, 0.717) is 6.54 Å². The first-order valence-corrected chi connectivity index (χ1v) is 4.67. The quantitative estimate of drug-likeness (QED) is 0.691. The number of aliphatic hydroxyl groups is 1. The highest BCUT2D eigenvalue weighted by molar-refractivity contribution is 5.80. The summed E-state index contributed by atoms with van der Waals surface area (Å²) in [6.45, 7) is 0.361. The van der Waals surface area contributed by atoms with Crippen molar-refractivity contribution in [1.29, 1.82) is 0 Å². The van der Waals surface area contributed by atoms with Crippen LogP contribution in [0.15, 0.2) is 24.5 Å². The highest BCUT2D eigenvalue weighted by Crippen LogP contribution is 2.02. The average Bonchev–Trinajstić information content (AvgIpc) is 2.28. The van der Waals surface area contributed by atoms with Crippen LogP contribution in [-0.4, -0.2) is 40.6 Å². The Morgan fingerprint density at radius 3 is 3.00 bits per heavy atom. The fourth-order valence-electron chi connectivity index (χ4n) is 1.20. The van der Waals surface area contributed by atoms with Gasteiger partial charge in [-0.2, -0.15) is 0 Å². The Kier molecular flexibility index (Phi) is 4.20. The number of amides is 1. The molecule has 3 N–H and O–H groups in total. The number of likely N-dealkylation sites (N-methyl/N-ethyl adjacent to an activating group) is 1. The topological polar surface area (TPSA) is 79.5 Å². The number of pyridine rings is 1. The minimum Gasteiger partial charge on any atom is -0.382 e. The lowest BCUT2D eigenvalue weighted by Gasteiger charge is -2.19. The number of aromatic nitrogens is 1. The number of hydrogen-bond acceptors (Lipinski definition) is 4. The first-order valence-electron chi connectivity index (χ1n) is 4.67. The summed E-state index contributed by atoms with van der Waals surface area (Å²) in [7, 11) is 1.62. The molecule has 0 bridgehead atoms. The molecular formula is C10H15N3O2. The van der Waals surface area contributed by atoms with Gasteiger partial charge in [0.05, 0.1) is 0 Å². The van der Waals surface area contributed by atoms with E-state index in [-0.39, 0.29) is 12.5 Å². The van der Waals surface area contributed by atoms with Crippen LogP contribution in [0.3, 0.4) is 0 Å². The van der Waals surface area contributed by atoms with Gasteiger partial charge in [-0.3, -0.25) is 9.78 Å². The average molecular weight is 209 g/mol. The maximum atomic E-state index is 11.5. The van der Waals surface area contributed by atoms with Gasteiger partial charge < -0.3 is 15.7 Å². The van der Waals surface area contributed by atoms with E-state index in [2.05, 4.69) is 4.98 Å². The van der Waals surface area contributed by atoms with E-state index >= 15 is 0 Å². The van der Waals surface area contributed by atoms with Crippen LogP contribution in [0.2, 0.25) is 0 Å². The lowest BCUT2D eigenvalue weighted by molar-refractivity contribution is -0.138. The van der Waals surface area contributed by atoms with Crippen molar-refractivity contribution in [3.8, 4) is 0 Å². The molecule has 5 heteroatoms. The molecule has 0 saturated carbocycles. The monoisotopic (exact) mass is 209 g/mol. The Morgan fingerprint density at radius 2 is 2.47 bits per heavy atom. The summed E-state index contributed by atoms with van der Waals surface area (Å²) in [5.74, 6) is -0.374. The normalized spacial score (nSPS) is 12.2. The number of hydrogen-bond donors (Lipinski definition) is 2. The number of nitrogens with zero attached hydrogens (tertiary/aromatic N) is 2. The first-order chi connectivity index (χ1) is 7.15. The minimum atomic E-state index is -1.12. The van der Waals surface area contributed by atoms with Crippen molar-refractivity contribution < 1.29 is 9.90 Å². The van der Waals surface area contributed by atoms with Crippen molar-refractivity contribution in [2.24, 2.45) is 5.73 Å². The van der Waals surface area contributed by atoms with Gasteiger partial charge in [-0.25, -0.2) is 0 Å². The van der Waals surface area contributed by atoms with E-state index in [0.717, 1.165) is 5.56 Å². The van der Waals surface area contributed by atoms with Gasteiger partial charge in [-0.15, -0.1) is 0 Å². The zero-order valence-electron chi connectivity index (χ0n) is 8.63. The summed E-state index contributed by atoms with van der Waals surface area (Å²) in [5, 5.41) is 9.24. The van der Waals surface area contributed by atoms with Crippen LogP contribution < -0.4 is 5.73 Å². The van der Waals surface area contributed by atoms with Gasteiger partial charge in [-0.1, -0.05) is 6.07 Å². The fourth-order valence-corrected chi connectivity index (χ4v) is 1.20. The Labute approximate surface area is 88.5 Å². The predicted octanol–water partition coefficient (Wildman–Crippen LogP) is -0.640. The summed E-state index contributed by atoms with van der Waals surface area (Å²) < 4.78 is 0. The highest BCUT2D eigenvalue weighted by Gasteiger charge is 2.17. The second-order valence-electron chi connectivity index (χ2n) is 3.31. The number of nitrogens with two attached hydrogens (primary N) is 1. The SMILES string of the molecule is CN(Cc1cccnc1)C(=O)C(O)CN. The highest BCUT2D eigenvalue weighted by atomic mass is 16.3. The molecule has 0 aliphatic rings. The molecule has 1 rings (SSSR count). The maximum Gasteiger partial charge on any atom is 0.252 e. The Balaban J connectivity index is 2.56. The lowest BCUT2D eigenvalue weighted by Crippen LogP contribution is -2.40. The smallest absolute Gasteiger partial charge is 0.252 e. The van der Waals surface area contributed by atoms with E-state index in [4.69, 9.17) is 5.73 Å². The molecule has 15 heavy (non-hydrogen) atoms. The third-order valence-electron chi connectivity index (χ3n) is 2.03. The summed E-state index contributed by atoms with van der Waals surface area (Å²) >= 11 is 0. The molecule has 0 saturated heterocycles. The van der Waals surface area contributed by atoms with Crippen molar-refractivity contribution in [1.82, 2.24) is 9.88 Å². The minimum absolute atomic E-state index is 0.0593. The van der Waals surface area contributed by atoms with Crippen LogP contribution in [0.25, 0.3) is 0 Å². The van der Waals surface area contributed by atoms with Crippen LogP contribution in [-0.2, 0) is 11.3 Å². The lowest BCUT2D eigenvalue weighted by atomic mass is 10.2. The van der Waals surface area contributed by atoms with Crippen LogP contribution in [0.4, 0.5) is 0 Å². The molecule has 82 valence electrons. The van der Waals surface area contributed by atoms with Crippen molar-refractivity contribution in [2.45, 2.75) is 12.6 Å². The number of carbonyl (C=O) groups excluding carboxylic acids is 1. The largest absolute Gasteiger partial charge is 0.382 e. The molecule has 0 aliphatic carbocycles. The summed E-state index contributed by atoms with van der Waals surface area (Å²) in [6, 6.07) is 3.67. The molecule has 0 radical (unpaired) electrons. The summed E-state index contributed by atoms with van der Waals surface area (Å²) in [5.41, 5.74) is 6.11. The van der Waals surface area contributed by atoms with Gasteiger partial charge in [0, 0.05) is 32.5 Å². The molecule has 1 aromatic rings. The zero-order valence-corrected chi connectivity index (χ0v) is 8.63. The van der Waals surface area contributed by atoms with Crippen molar-refractivity contribution in [3.05, 3.63) is 30.1 Å². The molecule has 1 unspecified atom stereocenters. The molecule has 0 aliphatic heterocycles. The molecule has 0 spiro atoms. The van der Waals surface area contributed by atoms with Crippen LogP contribution in [0.5, 0.6) is 0 Å². The predicted molar refractivity (Wildman–Crippen MR) is 55.8 cm³/mol. The molecule has 0 fully saturated rings. The van der Waals surface area contributed by atoms with Gasteiger partial charge in [0.25, 0.3) is 5.91 Å². The molecule has 0 aromatic carbocycles. The van der Waals surface area contributed by atoms with Gasteiger partial charge in [0.2, 0.25) is 0 Å². The molecule has 1 atom stereocenters. The molecular weight excluding hydrogens is 194 g/mol. The third-order valence-corrected chi connectivity index (χ3v) is 2.03. The van der Waals surface area contributed by atoms with Gasteiger partial charge in [0.1, 0.15) is 6.10 Å². The van der Waals surface area contributed by atoms with Crippen molar-refractivity contribution in [2.75, 3.05) is 13.6 Å². The summed E-state index contributed by atoms with van der Waals surface area (Å²) in [6.07, 6.45) is 2.23. The van der Waals surface area contributed by atoms with Gasteiger partial charge in [0.15, 0.2) is 0 Å². The van der Waals surface area contributed by atoms with Crippen LogP contribution >= 0.6 is 0 Å². The third kappa shape index (κ3) is 3.30. The summed E-state index contributed by atoms with van der Waals surface area (Å²) in [4.78, 5) is 16.8. The van der Waals surface area contributed by atoms with Crippen LogP contribution in [0, 0.1) is 0 Å². The Bertz CT molecular complexity index is 316. The molecule has 1 heterocycles. The standard InChI is InChI=1S/C10H15N3O2/c1-13(10(15)9(14)5-11)7-8-3-2-4-12-6-8/h2-4,6,9,14H,5,7,11H2,1H3.